The quantitative estimate of drug-likeness (QED) is 0.778. The molecule has 156 valence electrons. The first-order valence-electron chi connectivity index (χ1n) is 9.61. The van der Waals surface area contributed by atoms with Crippen LogP contribution in [0.5, 0.6) is 0 Å². The number of aryl methyl sites for hydroxylation is 2. The zero-order chi connectivity index (χ0) is 21.2. The van der Waals surface area contributed by atoms with Gasteiger partial charge in [0.2, 0.25) is 0 Å². The van der Waals surface area contributed by atoms with Gasteiger partial charge in [-0.15, -0.1) is 0 Å². The van der Waals surface area contributed by atoms with Crippen molar-refractivity contribution in [2.75, 3.05) is 5.32 Å². The van der Waals surface area contributed by atoms with E-state index < -0.39 is 29.2 Å². The van der Waals surface area contributed by atoms with Crippen LogP contribution in [0.3, 0.4) is 0 Å². The molecule has 0 bridgehead atoms. The van der Waals surface area contributed by atoms with E-state index in [-0.39, 0.29) is 11.6 Å². The van der Waals surface area contributed by atoms with Crippen molar-refractivity contribution in [2.45, 2.75) is 51.0 Å². The van der Waals surface area contributed by atoms with E-state index in [1.165, 1.54) is 31.4 Å². The second kappa shape index (κ2) is 8.31. The van der Waals surface area contributed by atoms with Gasteiger partial charge in [0.15, 0.2) is 0 Å². The van der Waals surface area contributed by atoms with Gasteiger partial charge in [-0.2, -0.15) is 8.78 Å². The summed E-state index contributed by atoms with van der Waals surface area (Å²) < 4.78 is 43.9. The van der Waals surface area contributed by atoms with Crippen molar-refractivity contribution < 1.29 is 22.8 Å². The number of hydrogen-bond acceptors (Lipinski definition) is 2. The molecular weight excluding hydrogens is 383 g/mol. The van der Waals surface area contributed by atoms with Gasteiger partial charge in [0, 0.05) is 25.0 Å². The molecule has 0 radical (unpaired) electrons. The third-order valence-electron chi connectivity index (χ3n) is 5.23. The Bertz CT molecular complexity index is 918. The third kappa shape index (κ3) is 4.63. The minimum atomic E-state index is -3.77. The number of hydrogen-bond donors (Lipinski definition) is 2. The SMILES string of the molecule is Cc1cc(NC(=O)c2cc(C(F)(F)C(=O)NC3CCCCC3)n(C)c2)ccc1F. The van der Waals surface area contributed by atoms with Gasteiger partial charge >= 0.3 is 5.92 Å². The first-order chi connectivity index (χ1) is 13.7. The second-order valence-corrected chi connectivity index (χ2v) is 7.53. The van der Waals surface area contributed by atoms with E-state index in [9.17, 15) is 22.8 Å². The Morgan fingerprint density at radius 3 is 2.48 bits per heavy atom. The lowest BCUT2D eigenvalue weighted by molar-refractivity contribution is -0.148. The van der Waals surface area contributed by atoms with Crippen LogP contribution in [0, 0.1) is 12.7 Å². The summed E-state index contributed by atoms with van der Waals surface area (Å²) in [6.45, 7) is 1.55. The van der Waals surface area contributed by atoms with Crippen LogP contribution in [0.4, 0.5) is 18.9 Å². The lowest BCUT2D eigenvalue weighted by Crippen LogP contribution is -2.45. The molecule has 0 aliphatic heterocycles. The van der Waals surface area contributed by atoms with Gasteiger partial charge in [0.25, 0.3) is 11.8 Å². The van der Waals surface area contributed by atoms with E-state index in [4.69, 9.17) is 0 Å². The molecule has 0 spiro atoms. The molecule has 1 aromatic heterocycles. The van der Waals surface area contributed by atoms with E-state index in [1.807, 2.05) is 0 Å². The molecule has 29 heavy (non-hydrogen) atoms. The fourth-order valence-corrected chi connectivity index (χ4v) is 3.57. The zero-order valence-electron chi connectivity index (χ0n) is 16.4. The van der Waals surface area contributed by atoms with Crippen LogP contribution < -0.4 is 10.6 Å². The Balaban J connectivity index is 1.74. The summed E-state index contributed by atoms with van der Waals surface area (Å²) in [6.07, 6.45) is 5.50. The van der Waals surface area contributed by atoms with Crippen LogP contribution in [0.2, 0.25) is 0 Å². The highest BCUT2D eigenvalue weighted by atomic mass is 19.3. The van der Waals surface area contributed by atoms with Gasteiger partial charge in [-0.25, -0.2) is 4.39 Å². The Labute approximate surface area is 167 Å². The number of halogens is 3. The van der Waals surface area contributed by atoms with Gasteiger partial charge in [-0.3, -0.25) is 9.59 Å². The number of rotatable bonds is 5. The average Bonchev–Trinajstić information content (AvgIpc) is 3.08. The van der Waals surface area contributed by atoms with Crippen molar-refractivity contribution in [3.63, 3.8) is 0 Å². The number of carbonyl (C=O) groups excluding carboxylic acids is 2. The lowest BCUT2D eigenvalue weighted by Gasteiger charge is -2.25. The summed E-state index contributed by atoms with van der Waals surface area (Å²) in [5, 5.41) is 4.99. The summed E-state index contributed by atoms with van der Waals surface area (Å²) >= 11 is 0. The lowest BCUT2D eigenvalue weighted by atomic mass is 9.95. The van der Waals surface area contributed by atoms with E-state index in [0.29, 0.717) is 24.1 Å². The maximum atomic E-state index is 14.8. The number of nitrogens with one attached hydrogen (secondary N) is 2. The predicted molar refractivity (Wildman–Crippen MR) is 103 cm³/mol. The van der Waals surface area contributed by atoms with Crippen LogP contribution in [0.1, 0.15) is 53.7 Å². The second-order valence-electron chi connectivity index (χ2n) is 7.53. The molecule has 0 saturated heterocycles. The number of benzene rings is 1. The number of carbonyl (C=O) groups is 2. The highest BCUT2D eigenvalue weighted by Crippen LogP contribution is 2.31. The normalized spacial score (nSPS) is 15.2. The molecule has 0 atom stereocenters. The Hall–Kier alpha value is -2.77. The molecule has 1 fully saturated rings. The van der Waals surface area contributed by atoms with Crippen molar-refractivity contribution in [3.05, 3.63) is 53.1 Å². The topological polar surface area (TPSA) is 63.1 Å². The summed E-state index contributed by atoms with van der Waals surface area (Å²) in [4.78, 5) is 24.6. The first-order valence-corrected chi connectivity index (χ1v) is 9.61. The summed E-state index contributed by atoms with van der Waals surface area (Å²) in [6, 6.07) is 4.81. The summed E-state index contributed by atoms with van der Waals surface area (Å²) in [7, 11) is 1.36. The predicted octanol–water partition coefficient (Wildman–Crippen LogP) is 4.27. The number of amides is 2. The molecule has 1 aliphatic rings. The standard InChI is InChI=1S/C21H24F3N3O2/c1-13-10-16(8-9-17(13)22)25-19(28)14-11-18(27(2)12-14)21(23,24)20(29)26-15-6-4-3-5-7-15/h8-12,15H,3-7H2,1-2H3,(H,25,28)(H,26,29). The van der Waals surface area contributed by atoms with Crippen molar-refractivity contribution in [1.29, 1.82) is 0 Å². The number of nitrogens with zero attached hydrogens (tertiary/aromatic N) is 1. The van der Waals surface area contributed by atoms with E-state index in [0.717, 1.165) is 29.9 Å². The number of aromatic nitrogens is 1. The van der Waals surface area contributed by atoms with Crippen LogP contribution in [0.15, 0.2) is 30.5 Å². The van der Waals surface area contributed by atoms with Crippen molar-refractivity contribution >= 4 is 17.5 Å². The summed E-state index contributed by atoms with van der Waals surface area (Å²) in [5.41, 5.74) is 0.115. The van der Waals surface area contributed by atoms with Gasteiger partial charge in [0.05, 0.1) is 11.3 Å². The molecule has 3 rings (SSSR count). The molecule has 2 amide bonds. The number of anilines is 1. The van der Waals surface area contributed by atoms with Gasteiger partial charge < -0.3 is 15.2 Å². The molecule has 1 saturated carbocycles. The Morgan fingerprint density at radius 2 is 1.83 bits per heavy atom. The van der Waals surface area contributed by atoms with E-state index >= 15 is 0 Å². The molecule has 1 heterocycles. The molecule has 5 nitrogen and oxygen atoms in total. The van der Waals surface area contributed by atoms with Crippen LogP contribution in [-0.4, -0.2) is 22.4 Å². The Kier molecular flexibility index (Phi) is 6.00. The van der Waals surface area contributed by atoms with Crippen molar-refractivity contribution in [2.24, 2.45) is 7.05 Å². The first kappa shape index (κ1) is 21.0. The maximum Gasteiger partial charge on any atom is 0.364 e. The highest BCUT2D eigenvalue weighted by Gasteiger charge is 2.44. The van der Waals surface area contributed by atoms with Crippen LogP contribution >= 0.6 is 0 Å². The highest BCUT2D eigenvalue weighted by molar-refractivity contribution is 6.04. The summed E-state index contributed by atoms with van der Waals surface area (Å²) in [5.74, 6) is -6.15. The maximum absolute atomic E-state index is 14.8. The third-order valence-corrected chi connectivity index (χ3v) is 5.23. The molecule has 8 heteroatoms. The van der Waals surface area contributed by atoms with Gasteiger partial charge in [-0.1, -0.05) is 19.3 Å². The molecular formula is C21H24F3N3O2. The smallest absolute Gasteiger partial charge is 0.348 e. The molecule has 1 aliphatic carbocycles. The molecule has 2 aromatic rings. The van der Waals surface area contributed by atoms with Crippen LogP contribution in [-0.2, 0) is 17.8 Å². The minimum absolute atomic E-state index is 0.0189. The fourth-order valence-electron chi connectivity index (χ4n) is 3.57. The van der Waals surface area contributed by atoms with Crippen LogP contribution in [0.25, 0.3) is 0 Å². The van der Waals surface area contributed by atoms with E-state index in [1.54, 1.807) is 6.92 Å². The van der Waals surface area contributed by atoms with Gasteiger partial charge in [0.1, 0.15) is 5.82 Å². The monoisotopic (exact) mass is 407 g/mol. The van der Waals surface area contributed by atoms with Crippen molar-refractivity contribution in [1.82, 2.24) is 9.88 Å². The molecule has 0 unspecified atom stereocenters. The van der Waals surface area contributed by atoms with Crippen molar-refractivity contribution in [3.8, 4) is 0 Å². The Morgan fingerprint density at radius 1 is 1.14 bits per heavy atom. The fraction of sp³-hybridized carbons (Fsp3) is 0.429. The molecule has 1 aromatic carbocycles. The average molecular weight is 407 g/mol. The number of alkyl halides is 2. The molecule has 2 N–H and O–H groups in total. The van der Waals surface area contributed by atoms with Gasteiger partial charge in [-0.05, 0) is 49.6 Å². The largest absolute Gasteiger partial charge is 0.364 e. The van der Waals surface area contributed by atoms with E-state index in [2.05, 4.69) is 10.6 Å². The zero-order valence-corrected chi connectivity index (χ0v) is 16.4. The minimum Gasteiger partial charge on any atom is -0.348 e.